The zero-order chi connectivity index (χ0) is 20.3. The van der Waals surface area contributed by atoms with E-state index in [1.807, 2.05) is 30.3 Å². The van der Waals surface area contributed by atoms with Crippen LogP contribution in [0, 0.1) is 0 Å². The highest BCUT2D eigenvalue weighted by atomic mass is 32.2. The Morgan fingerprint density at radius 3 is 2.36 bits per heavy atom. The minimum Gasteiger partial charge on any atom is -0.495 e. The van der Waals surface area contributed by atoms with E-state index in [9.17, 15) is 13.2 Å². The number of methoxy groups -OCH3 is 2. The van der Waals surface area contributed by atoms with Crippen LogP contribution in [0.3, 0.4) is 0 Å². The molecule has 1 aromatic heterocycles. The lowest BCUT2D eigenvalue weighted by Crippen LogP contribution is -2.16. The zero-order valence-electron chi connectivity index (χ0n) is 15.1. The molecule has 0 bridgehead atoms. The SMILES string of the molecule is COc1ccc(S(N)(=O)=O)cc1NC(=O)c1nn(-c2ccccc2)cc1OC. The maximum atomic E-state index is 12.8. The number of aromatic nitrogens is 2. The quantitative estimate of drug-likeness (QED) is 0.647. The van der Waals surface area contributed by atoms with Gasteiger partial charge in [-0.05, 0) is 30.3 Å². The molecule has 0 aliphatic carbocycles. The van der Waals surface area contributed by atoms with E-state index in [0.717, 1.165) is 5.69 Å². The van der Waals surface area contributed by atoms with Crippen molar-refractivity contribution in [2.75, 3.05) is 19.5 Å². The minimum absolute atomic E-state index is 0.0226. The van der Waals surface area contributed by atoms with Gasteiger partial charge in [0.1, 0.15) is 5.75 Å². The second-order valence-corrected chi connectivity index (χ2v) is 7.25. The number of nitrogens with one attached hydrogen (secondary N) is 1. The Bertz CT molecular complexity index is 1110. The Kier molecular flexibility index (Phi) is 5.34. The molecule has 10 heteroatoms. The zero-order valence-corrected chi connectivity index (χ0v) is 15.9. The van der Waals surface area contributed by atoms with Crippen molar-refractivity contribution in [3.63, 3.8) is 0 Å². The molecular formula is C18H18N4O5S. The molecule has 0 atom stereocenters. The number of sulfonamides is 1. The van der Waals surface area contributed by atoms with Crippen molar-refractivity contribution in [1.82, 2.24) is 9.78 Å². The number of ether oxygens (including phenoxy) is 2. The van der Waals surface area contributed by atoms with Crippen molar-refractivity contribution < 1.29 is 22.7 Å². The summed E-state index contributed by atoms with van der Waals surface area (Å²) in [5, 5.41) is 12.0. The number of primary sulfonamides is 1. The molecule has 3 rings (SSSR count). The maximum Gasteiger partial charge on any atom is 0.280 e. The number of anilines is 1. The number of benzene rings is 2. The van der Waals surface area contributed by atoms with Crippen LogP contribution in [0.25, 0.3) is 5.69 Å². The van der Waals surface area contributed by atoms with Crippen molar-refractivity contribution in [2.45, 2.75) is 4.90 Å². The first kappa shape index (κ1) is 19.4. The van der Waals surface area contributed by atoms with Gasteiger partial charge in [-0.15, -0.1) is 0 Å². The molecule has 9 nitrogen and oxygen atoms in total. The molecule has 1 amide bonds. The smallest absolute Gasteiger partial charge is 0.280 e. The predicted octanol–water partition coefficient (Wildman–Crippen LogP) is 1.79. The fourth-order valence-electron chi connectivity index (χ4n) is 2.52. The third kappa shape index (κ3) is 3.97. The van der Waals surface area contributed by atoms with E-state index in [2.05, 4.69) is 10.4 Å². The lowest BCUT2D eigenvalue weighted by atomic mass is 10.2. The largest absolute Gasteiger partial charge is 0.495 e. The Hall–Kier alpha value is -3.37. The van der Waals surface area contributed by atoms with Gasteiger partial charge in [0.15, 0.2) is 11.4 Å². The summed E-state index contributed by atoms with van der Waals surface area (Å²) in [7, 11) is -1.13. The van der Waals surface area contributed by atoms with Gasteiger partial charge in [-0.3, -0.25) is 4.79 Å². The number of hydrogen-bond donors (Lipinski definition) is 2. The van der Waals surface area contributed by atoms with Crippen LogP contribution in [0.5, 0.6) is 11.5 Å². The van der Waals surface area contributed by atoms with E-state index in [0.29, 0.717) is 0 Å². The second-order valence-electron chi connectivity index (χ2n) is 5.69. The highest BCUT2D eigenvalue weighted by Gasteiger charge is 2.21. The first-order valence-corrected chi connectivity index (χ1v) is 9.59. The number of hydrogen-bond acceptors (Lipinski definition) is 6. The molecule has 1 heterocycles. The number of carbonyl (C=O) groups excluding carboxylic acids is 1. The van der Waals surface area contributed by atoms with Gasteiger partial charge in [0.05, 0.1) is 36.7 Å². The molecular weight excluding hydrogens is 384 g/mol. The van der Waals surface area contributed by atoms with Crippen molar-refractivity contribution in [3.8, 4) is 17.2 Å². The third-order valence-corrected chi connectivity index (χ3v) is 4.80. The van der Waals surface area contributed by atoms with Gasteiger partial charge in [0.2, 0.25) is 10.0 Å². The van der Waals surface area contributed by atoms with E-state index in [1.54, 1.807) is 6.20 Å². The number of rotatable bonds is 6. The fraction of sp³-hybridized carbons (Fsp3) is 0.111. The Labute approximate surface area is 161 Å². The summed E-state index contributed by atoms with van der Waals surface area (Å²) in [6.07, 6.45) is 1.57. The summed E-state index contributed by atoms with van der Waals surface area (Å²) >= 11 is 0. The molecule has 2 aromatic carbocycles. The van der Waals surface area contributed by atoms with E-state index >= 15 is 0 Å². The van der Waals surface area contributed by atoms with Crippen molar-refractivity contribution >= 4 is 21.6 Å². The molecule has 0 aliphatic heterocycles. The summed E-state index contributed by atoms with van der Waals surface area (Å²) in [4.78, 5) is 12.6. The molecule has 0 saturated heterocycles. The van der Waals surface area contributed by atoms with Crippen LogP contribution < -0.4 is 19.9 Å². The number of nitrogens with two attached hydrogens (primary N) is 1. The lowest BCUT2D eigenvalue weighted by Gasteiger charge is -2.11. The van der Waals surface area contributed by atoms with E-state index in [4.69, 9.17) is 14.6 Å². The second kappa shape index (κ2) is 7.71. The Morgan fingerprint density at radius 1 is 1.07 bits per heavy atom. The van der Waals surface area contributed by atoms with Gasteiger partial charge in [0.25, 0.3) is 5.91 Å². The van der Waals surface area contributed by atoms with Crippen LogP contribution in [-0.4, -0.2) is 38.3 Å². The van der Waals surface area contributed by atoms with Gasteiger partial charge >= 0.3 is 0 Å². The van der Waals surface area contributed by atoms with Crippen LogP contribution in [0.4, 0.5) is 5.69 Å². The average molecular weight is 402 g/mol. The Balaban J connectivity index is 1.96. The maximum absolute atomic E-state index is 12.8. The highest BCUT2D eigenvalue weighted by molar-refractivity contribution is 7.89. The number of nitrogens with zero attached hydrogens (tertiary/aromatic N) is 2. The molecule has 3 aromatic rings. The van der Waals surface area contributed by atoms with Gasteiger partial charge in [-0.25, -0.2) is 18.2 Å². The van der Waals surface area contributed by atoms with Crippen LogP contribution in [0.1, 0.15) is 10.5 Å². The van der Waals surface area contributed by atoms with Crippen molar-refractivity contribution in [1.29, 1.82) is 0 Å². The summed E-state index contributed by atoms with van der Waals surface area (Å²) in [6, 6.07) is 13.1. The van der Waals surface area contributed by atoms with Crippen molar-refractivity contribution in [2.24, 2.45) is 5.14 Å². The molecule has 0 aliphatic rings. The fourth-order valence-corrected chi connectivity index (χ4v) is 3.06. The monoisotopic (exact) mass is 402 g/mol. The summed E-state index contributed by atoms with van der Waals surface area (Å²) in [5.41, 5.74) is 0.901. The standard InChI is InChI=1S/C18H18N4O5S/c1-26-15-9-8-13(28(19,24)25)10-14(15)20-18(23)17-16(27-2)11-22(21-17)12-6-4-3-5-7-12/h3-11H,1-2H3,(H,20,23)(H2,19,24,25). The molecule has 3 N–H and O–H groups in total. The van der Waals surface area contributed by atoms with E-state index < -0.39 is 15.9 Å². The molecule has 28 heavy (non-hydrogen) atoms. The summed E-state index contributed by atoms with van der Waals surface area (Å²) in [5.74, 6) is -0.0819. The first-order chi connectivity index (χ1) is 13.3. The first-order valence-electron chi connectivity index (χ1n) is 8.04. The summed E-state index contributed by atoms with van der Waals surface area (Å²) in [6.45, 7) is 0. The molecule has 0 unspecified atom stereocenters. The van der Waals surface area contributed by atoms with Gasteiger partial charge in [-0.1, -0.05) is 18.2 Å². The molecule has 0 saturated carbocycles. The van der Waals surface area contributed by atoms with Crippen LogP contribution in [0.15, 0.2) is 59.6 Å². The van der Waals surface area contributed by atoms with Gasteiger partial charge in [0, 0.05) is 0 Å². The van der Waals surface area contributed by atoms with Crippen LogP contribution in [-0.2, 0) is 10.0 Å². The number of carbonyl (C=O) groups is 1. The molecule has 0 fully saturated rings. The topological polar surface area (TPSA) is 126 Å². The molecule has 146 valence electrons. The predicted molar refractivity (Wildman–Crippen MR) is 102 cm³/mol. The Morgan fingerprint density at radius 2 is 1.75 bits per heavy atom. The minimum atomic E-state index is -3.95. The number of amides is 1. The van der Waals surface area contributed by atoms with E-state index in [-0.39, 0.29) is 27.8 Å². The van der Waals surface area contributed by atoms with Crippen molar-refractivity contribution in [3.05, 3.63) is 60.4 Å². The normalized spacial score (nSPS) is 11.1. The van der Waals surface area contributed by atoms with E-state index in [1.165, 1.54) is 37.1 Å². The molecule has 0 radical (unpaired) electrons. The van der Waals surface area contributed by atoms with Gasteiger partial charge < -0.3 is 14.8 Å². The van der Waals surface area contributed by atoms with Crippen LogP contribution >= 0.6 is 0 Å². The van der Waals surface area contributed by atoms with Gasteiger partial charge in [-0.2, -0.15) is 5.10 Å². The average Bonchev–Trinajstić information content (AvgIpc) is 3.12. The third-order valence-electron chi connectivity index (χ3n) is 3.88. The van der Waals surface area contributed by atoms with Crippen LogP contribution in [0.2, 0.25) is 0 Å². The summed E-state index contributed by atoms with van der Waals surface area (Å²) < 4.78 is 35.1. The number of para-hydroxylation sites is 1. The molecule has 0 spiro atoms. The highest BCUT2D eigenvalue weighted by Crippen LogP contribution is 2.28. The lowest BCUT2D eigenvalue weighted by molar-refractivity contribution is 0.101.